The van der Waals surface area contributed by atoms with Crippen LogP contribution in [0.1, 0.15) is 40.7 Å². The molecule has 2 aromatic carbocycles. The summed E-state index contributed by atoms with van der Waals surface area (Å²) in [4.78, 5) is 14.6. The van der Waals surface area contributed by atoms with E-state index in [-0.39, 0.29) is 10.8 Å². The number of carbonyl (C=O) groups is 1. The second kappa shape index (κ2) is 9.62. The van der Waals surface area contributed by atoms with Gasteiger partial charge in [-0.2, -0.15) is 4.31 Å². The topological polar surface area (TPSA) is 66.9 Å². The lowest BCUT2D eigenvalue weighted by Crippen LogP contribution is -2.36. The Balaban J connectivity index is 1.68. The van der Waals surface area contributed by atoms with Crippen LogP contribution in [-0.2, 0) is 10.0 Å². The van der Waals surface area contributed by atoms with Crippen molar-refractivity contribution < 1.29 is 17.9 Å². The molecule has 1 amide bonds. The number of nitrogens with zero attached hydrogens (tertiary/aromatic N) is 2. The fraction of sp³-hybridized carbons (Fsp3) is 0.435. The third-order valence-corrected chi connectivity index (χ3v) is 7.47. The molecular formula is C23H30N2O4S. The summed E-state index contributed by atoms with van der Waals surface area (Å²) in [7, 11) is -1.90. The number of piperidine rings is 1. The summed E-state index contributed by atoms with van der Waals surface area (Å²) in [5.41, 5.74) is 2.18. The molecule has 0 N–H and O–H groups in total. The van der Waals surface area contributed by atoms with Gasteiger partial charge in [-0.05, 0) is 56.5 Å². The first-order valence-corrected chi connectivity index (χ1v) is 11.8. The van der Waals surface area contributed by atoms with Gasteiger partial charge in [-0.1, -0.05) is 30.2 Å². The van der Waals surface area contributed by atoms with Crippen LogP contribution in [0, 0.1) is 13.8 Å². The van der Waals surface area contributed by atoms with Crippen LogP contribution in [0.5, 0.6) is 5.75 Å². The van der Waals surface area contributed by atoms with Crippen molar-refractivity contribution in [2.45, 2.75) is 38.0 Å². The number of aryl methyl sites for hydroxylation is 2. The first-order valence-electron chi connectivity index (χ1n) is 10.3. The maximum atomic E-state index is 13.1. The molecule has 0 aromatic heterocycles. The fourth-order valence-electron chi connectivity index (χ4n) is 3.51. The molecule has 162 valence electrons. The van der Waals surface area contributed by atoms with Crippen LogP contribution in [0.25, 0.3) is 0 Å². The summed E-state index contributed by atoms with van der Waals surface area (Å²) in [6.07, 6.45) is 2.81. The maximum Gasteiger partial charge on any atom is 0.253 e. The Labute approximate surface area is 179 Å². The summed E-state index contributed by atoms with van der Waals surface area (Å²) >= 11 is 0. The molecule has 3 rings (SSSR count). The average molecular weight is 431 g/mol. The molecule has 1 aliphatic rings. The fourth-order valence-corrected chi connectivity index (χ4v) is 5.28. The minimum atomic E-state index is -3.59. The van der Waals surface area contributed by atoms with E-state index in [4.69, 9.17) is 4.74 Å². The van der Waals surface area contributed by atoms with Gasteiger partial charge in [0.25, 0.3) is 5.91 Å². The van der Waals surface area contributed by atoms with Crippen LogP contribution in [0.2, 0.25) is 0 Å². The number of ether oxygens (including phenoxy) is 1. The van der Waals surface area contributed by atoms with E-state index >= 15 is 0 Å². The number of amides is 1. The Morgan fingerprint density at radius 1 is 1.03 bits per heavy atom. The predicted molar refractivity (Wildman–Crippen MR) is 117 cm³/mol. The van der Waals surface area contributed by atoms with Gasteiger partial charge in [0, 0.05) is 25.7 Å². The van der Waals surface area contributed by atoms with Crippen molar-refractivity contribution in [2.24, 2.45) is 0 Å². The van der Waals surface area contributed by atoms with Gasteiger partial charge in [0.05, 0.1) is 11.4 Å². The molecule has 1 saturated heterocycles. The minimum absolute atomic E-state index is 0.222. The van der Waals surface area contributed by atoms with Gasteiger partial charge in [0.2, 0.25) is 10.0 Å². The molecule has 0 radical (unpaired) electrons. The molecule has 0 unspecified atom stereocenters. The Morgan fingerprint density at radius 3 is 2.37 bits per heavy atom. The highest BCUT2D eigenvalue weighted by molar-refractivity contribution is 7.89. The number of hydrogen-bond acceptors (Lipinski definition) is 4. The zero-order valence-electron chi connectivity index (χ0n) is 17.9. The molecule has 0 saturated carbocycles. The van der Waals surface area contributed by atoms with Gasteiger partial charge in [0.15, 0.2) is 0 Å². The standard InChI is InChI=1S/C23H30N2O4S/c1-18-7-11-21(12-8-18)29-16-15-24(3)23(26)20-10-9-19(2)22(17-20)30(27,28)25-13-5-4-6-14-25/h7-12,17H,4-6,13-16H2,1-3H3. The van der Waals surface area contributed by atoms with Crippen molar-refractivity contribution in [3.63, 3.8) is 0 Å². The number of benzene rings is 2. The molecule has 0 aliphatic carbocycles. The Morgan fingerprint density at radius 2 is 1.70 bits per heavy atom. The molecule has 2 aromatic rings. The van der Waals surface area contributed by atoms with Crippen molar-refractivity contribution in [3.05, 3.63) is 59.2 Å². The number of sulfonamides is 1. The molecule has 6 nitrogen and oxygen atoms in total. The van der Waals surface area contributed by atoms with Crippen LogP contribution in [0.15, 0.2) is 47.4 Å². The Kier molecular flexibility index (Phi) is 7.15. The summed E-state index contributed by atoms with van der Waals surface area (Å²) < 4.78 is 33.4. The highest BCUT2D eigenvalue weighted by Gasteiger charge is 2.28. The third kappa shape index (κ3) is 5.21. The molecule has 1 heterocycles. The minimum Gasteiger partial charge on any atom is -0.492 e. The van der Waals surface area contributed by atoms with Crippen molar-refractivity contribution in [3.8, 4) is 5.75 Å². The molecule has 1 fully saturated rings. The first-order chi connectivity index (χ1) is 14.3. The van der Waals surface area contributed by atoms with E-state index in [2.05, 4.69) is 0 Å². The Bertz CT molecular complexity index is 981. The summed E-state index contributed by atoms with van der Waals surface area (Å²) in [6.45, 7) is 5.61. The first kappa shape index (κ1) is 22.3. The zero-order valence-corrected chi connectivity index (χ0v) is 18.7. The van der Waals surface area contributed by atoms with Crippen molar-refractivity contribution in [2.75, 3.05) is 33.3 Å². The lowest BCUT2D eigenvalue weighted by molar-refractivity contribution is 0.0773. The molecule has 30 heavy (non-hydrogen) atoms. The van der Waals surface area contributed by atoms with Crippen LogP contribution >= 0.6 is 0 Å². The van der Waals surface area contributed by atoms with Gasteiger partial charge >= 0.3 is 0 Å². The maximum absolute atomic E-state index is 13.1. The van der Waals surface area contributed by atoms with Gasteiger partial charge in [0.1, 0.15) is 12.4 Å². The SMILES string of the molecule is Cc1ccc(OCCN(C)C(=O)c2ccc(C)c(S(=O)(=O)N3CCCCC3)c2)cc1. The van der Waals surface area contributed by atoms with Crippen molar-refractivity contribution in [1.82, 2.24) is 9.21 Å². The summed E-state index contributed by atoms with van der Waals surface area (Å²) in [5, 5.41) is 0. The van der Waals surface area contributed by atoms with Gasteiger partial charge in [-0.15, -0.1) is 0 Å². The molecule has 0 bridgehead atoms. The van der Waals surface area contributed by atoms with E-state index in [9.17, 15) is 13.2 Å². The van der Waals surface area contributed by atoms with E-state index < -0.39 is 10.0 Å². The monoisotopic (exact) mass is 430 g/mol. The lowest BCUT2D eigenvalue weighted by Gasteiger charge is -2.27. The summed E-state index contributed by atoms with van der Waals surface area (Å²) in [5.74, 6) is 0.532. The van der Waals surface area contributed by atoms with E-state index in [0.717, 1.165) is 30.6 Å². The highest BCUT2D eigenvalue weighted by atomic mass is 32.2. The van der Waals surface area contributed by atoms with Crippen LogP contribution in [-0.4, -0.2) is 56.8 Å². The zero-order chi connectivity index (χ0) is 21.7. The Hall–Kier alpha value is -2.38. The number of hydrogen-bond donors (Lipinski definition) is 0. The van der Waals surface area contributed by atoms with Gasteiger partial charge in [-0.3, -0.25) is 4.79 Å². The van der Waals surface area contributed by atoms with Gasteiger partial charge in [-0.25, -0.2) is 8.42 Å². The largest absolute Gasteiger partial charge is 0.492 e. The molecule has 0 spiro atoms. The molecule has 7 heteroatoms. The van der Waals surface area contributed by atoms with Crippen LogP contribution in [0.4, 0.5) is 0 Å². The van der Waals surface area contributed by atoms with Gasteiger partial charge < -0.3 is 9.64 Å². The van der Waals surface area contributed by atoms with Crippen LogP contribution in [0.3, 0.4) is 0 Å². The van der Waals surface area contributed by atoms with E-state index in [1.54, 1.807) is 31.0 Å². The van der Waals surface area contributed by atoms with E-state index in [0.29, 0.717) is 37.4 Å². The molecule has 0 atom stereocenters. The highest BCUT2D eigenvalue weighted by Crippen LogP contribution is 2.25. The number of likely N-dealkylation sites (N-methyl/N-ethyl adjacent to an activating group) is 1. The summed E-state index contributed by atoms with van der Waals surface area (Å²) in [6, 6.07) is 12.6. The number of carbonyl (C=O) groups excluding carboxylic acids is 1. The second-order valence-corrected chi connectivity index (χ2v) is 9.74. The molecule has 1 aliphatic heterocycles. The van der Waals surface area contributed by atoms with Crippen LogP contribution < -0.4 is 4.74 Å². The number of rotatable bonds is 7. The van der Waals surface area contributed by atoms with E-state index in [1.807, 2.05) is 31.2 Å². The lowest BCUT2D eigenvalue weighted by atomic mass is 10.1. The second-order valence-electron chi connectivity index (χ2n) is 7.83. The normalized spacial score (nSPS) is 15.0. The third-order valence-electron chi connectivity index (χ3n) is 5.43. The van der Waals surface area contributed by atoms with Crippen molar-refractivity contribution >= 4 is 15.9 Å². The van der Waals surface area contributed by atoms with Crippen molar-refractivity contribution in [1.29, 1.82) is 0 Å². The van der Waals surface area contributed by atoms with E-state index in [1.165, 1.54) is 10.4 Å². The smallest absolute Gasteiger partial charge is 0.253 e. The molecular weight excluding hydrogens is 400 g/mol. The predicted octanol–water partition coefficient (Wildman–Crippen LogP) is 3.63. The quantitative estimate of drug-likeness (QED) is 0.673. The average Bonchev–Trinajstić information content (AvgIpc) is 2.75.